The topological polar surface area (TPSA) is 81.1 Å². The van der Waals surface area contributed by atoms with E-state index in [9.17, 15) is 27.6 Å². The summed E-state index contributed by atoms with van der Waals surface area (Å²) in [5, 5.41) is 6.47. The van der Waals surface area contributed by atoms with Crippen molar-refractivity contribution in [3.8, 4) is 5.69 Å². The SMILES string of the molecule is CC(=O)c1ccc(NC(=O)c2nn(-c3cccc(C(F)(F)F)c3)c(C)cc2=O)cc1. The first-order valence-electron chi connectivity index (χ1n) is 8.77. The third kappa shape index (κ3) is 4.45. The summed E-state index contributed by atoms with van der Waals surface area (Å²) in [7, 11) is 0. The number of carbonyl (C=O) groups excluding carboxylic acids is 2. The molecule has 9 heteroatoms. The monoisotopic (exact) mass is 415 g/mol. The fourth-order valence-corrected chi connectivity index (χ4v) is 2.76. The molecule has 0 saturated heterocycles. The van der Waals surface area contributed by atoms with Crippen LogP contribution < -0.4 is 10.7 Å². The molecule has 154 valence electrons. The molecule has 0 unspecified atom stereocenters. The normalized spacial score (nSPS) is 11.2. The number of anilines is 1. The van der Waals surface area contributed by atoms with E-state index < -0.39 is 28.8 Å². The molecule has 0 spiro atoms. The lowest BCUT2D eigenvalue weighted by molar-refractivity contribution is -0.137. The van der Waals surface area contributed by atoms with Gasteiger partial charge in [0, 0.05) is 23.0 Å². The van der Waals surface area contributed by atoms with Crippen LogP contribution in [0, 0.1) is 6.92 Å². The molecular formula is C21H16F3N3O3. The summed E-state index contributed by atoms with van der Waals surface area (Å²) in [5.41, 5.74) is -0.923. The van der Waals surface area contributed by atoms with E-state index in [4.69, 9.17) is 0 Å². The van der Waals surface area contributed by atoms with E-state index in [0.29, 0.717) is 11.3 Å². The molecule has 3 aromatic rings. The quantitative estimate of drug-likeness (QED) is 0.653. The Morgan fingerprint density at radius 3 is 2.30 bits per heavy atom. The maximum atomic E-state index is 13.0. The standard InChI is InChI=1S/C21H16F3N3O3/c1-12-10-18(29)19(20(30)25-16-8-6-14(7-9-16)13(2)28)26-27(12)17-5-3-4-15(11-17)21(22,23)24/h3-11H,1-2H3,(H,25,30). The first-order valence-corrected chi connectivity index (χ1v) is 8.77. The number of hydrogen-bond acceptors (Lipinski definition) is 4. The van der Waals surface area contributed by atoms with Crippen molar-refractivity contribution < 1.29 is 22.8 Å². The lowest BCUT2D eigenvalue weighted by atomic mass is 10.1. The van der Waals surface area contributed by atoms with Crippen LogP contribution in [0.4, 0.5) is 18.9 Å². The Kier molecular flexibility index (Phi) is 5.55. The van der Waals surface area contributed by atoms with Crippen LogP contribution in [0.2, 0.25) is 0 Å². The Balaban J connectivity index is 1.96. The van der Waals surface area contributed by atoms with Crippen LogP contribution in [0.15, 0.2) is 59.4 Å². The van der Waals surface area contributed by atoms with Crippen LogP contribution in [0.25, 0.3) is 5.69 Å². The Bertz CT molecular complexity index is 1180. The summed E-state index contributed by atoms with van der Waals surface area (Å²) in [6.45, 7) is 2.90. The molecule has 0 atom stereocenters. The first-order chi connectivity index (χ1) is 14.1. The average molecular weight is 415 g/mol. The zero-order chi connectivity index (χ0) is 22.1. The Morgan fingerprint density at radius 2 is 1.70 bits per heavy atom. The van der Waals surface area contributed by atoms with Gasteiger partial charge in [-0.2, -0.15) is 18.3 Å². The van der Waals surface area contributed by atoms with Crippen LogP contribution >= 0.6 is 0 Å². The fraction of sp³-hybridized carbons (Fsp3) is 0.143. The molecule has 0 bridgehead atoms. The molecule has 0 aliphatic carbocycles. The summed E-state index contributed by atoms with van der Waals surface area (Å²) in [5.74, 6) is -0.964. The lowest BCUT2D eigenvalue weighted by Gasteiger charge is -2.13. The molecule has 3 rings (SSSR count). The molecule has 30 heavy (non-hydrogen) atoms. The lowest BCUT2D eigenvalue weighted by Crippen LogP contribution is -2.27. The van der Waals surface area contributed by atoms with Gasteiger partial charge in [-0.05, 0) is 56.3 Å². The number of nitrogens with zero attached hydrogens (tertiary/aromatic N) is 2. The van der Waals surface area contributed by atoms with Gasteiger partial charge < -0.3 is 5.32 Å². The number of alkyl halides is 3. The molecule has 6 nitrogen and oxygen atoms in total. The number of halogens is 3. The van der Waals surface area contributed by atoms with Gasteiger partial charge in [0.2, 0.25) is 5.43 Å². The molecule has 2 aromatic carbocycles. The zero-order valence-corrected chi connectivity index (χ0v) is 15.9. The highest BCUT2D eigenvalue weighted by Crippen LogP contribution is 2.30. The maximum Gasteiger partial charge on any atom is 0.416 e. The third-order valence-corrected chi connectivity index (χ3v) is 4.29. The number of hydrogen-bond donors (Lipinski definition) is 1. The fourth-order valence-electron chi connectivity index (χ4n) is 2.76. The van der Waals surface area contributed by atoms with Crippen molar-refractivity contribution >= 4 is 17.4 Å². The van der Waals surface area contributed by atoms with Gasteiger partial charge in [0.25, 0.3) is 5.91 Å². The minimum Gasteiger partial charge on any atom is -0.320 e. The number of amides is 1. The van der Waals surface area contributed by atoms with Crippen molar-refractivity contribution in [2.75, 3.05) is 5.32 Å². The molecule has 1 heterocycles. The van der Waals surface area contributed by atoms with E-state index in [-0.39, 0.29) is 17.2 Å². The van der Waals surface area contributed by atoms with E-state index in [1.807, 2.05) is 0 Å². The largest absolute Gasteiger partial charge is 0.416 e. The molecule has 0 fully saturated rings. The van der Waals surface area contributed by atoms with Crippen molar-refractivity contribution in [2.45, 2.75) is 20.0 Å². The van der Waals surface area contributed by atoms with Gasteiger partial charge in [-0.3, -0.25) is 14.4 Å². The number of rotatable bonds is 4. The average Bonchev–Trinajstić information content (AvgIpc) is 2.68. The van der Waals surface area contributed by atoms with Gasteiger partial charge in [0.05, 0.1) is 11.3 Å². The second kappa shape index (κ2) is 7.94. The van der Waals surface area contributed by atoms with Crippen molar-refractivity contribution in [1.82, 2.24) is 9.78 Å². The van der Waals surface area contributed by atoms with Gasteiger partial charge in [-0.1, -0.05) is 6.07 Å². The smallest absolute Gasteiger partial charge is 0.320 e. The van der Waals surface area contributed by atoms with Gasteiger partial charge in [-0.15, -0.1) is 0 Å². The molecule has 1 aromatic heterocycles. The van der Waals surface area contributed by atoms with Crippen LogP contribution in [0.3, 0.4) is 0 Å². The zero-order valence-electron chi connectivity index (χ0n) is 15.9. The number of Topliss-reactive ketones (excluding diaryl/α,β-unsaturated/α-hetero) is 1. The van der Waals surface area contributed by atoms with Gasteiger partial charge in [0.15, 0.2) is 11.5 Å². The molecule has 1 N–H and O–H groups in total. The van der Waals surface area contributed by atoms with E-state index >= 15 is 0 Å². The summed E-state index contributed by atoms with van der Waals surface area (Å²) in [4.78, 5) is 36.1. The number of ketones is 1. The molecule has 0 aliphatic rings. The number of carbonyl (C=O) groups is 2. The number of aromatic nitrogens is 2. The van der Waals surface area contributed by atoms with Crippen molar-refractivity contribution in [3.05, 3.63) is 87.3 Å². The minimum atomic E-state index is -4.55. The van der Waals surface area contributed by atoms with Crippen LogP contribution in [0.5, 0.6) is 0 Å². The number of aryl methyl sites for hydroxylation is 1. The van der Waals surface area contributed by atoms with E-state index in [1.165, 1.54) is 50.2 Å². The van der Waals surface area contributed by atoms with E-state index in [2.05, 4.69) is 10.4 Å². The van der Waals surface area contributed by atoms with Crippen LogP contribution in [-0.2, 0) is 6.18 Å². The molecule has 1 amide bonds. The minimum absolute atomic E-state index is 0.0576. The van der Waals surface area contributed by atoms with E-state index in [1.54, 1.807) is 0 Å². The maximum absolute atomic E-state index is 13.0. The van der Waals surface area contributed by atoms with Crippen molar-refractivity contribution in [2.24, 2.45) is 0 Å². The Hall–Kier alpha value is -3.75. The van der Waals surface area contributed by atoms with Gasteiger partial charge >= 0.3 is 6.18 Å². The number of benzene rings is 2. The molecular weight excluding hydrogens is 399 g/mol. The molecule has 0 aliphatic heterocycles. The summed E-state index contributed by atoms with van der Waals surface area (Å²) in [6, 6.07) is 11.5. The predicted octanol–water partition coefficient (Wildman–Crippen LogP) is 4.01. The first kappa shape index (κ1) is 21.0. The highest BCUT2D eigenvalue weighted by Gasteiger charge is 2.30. The Labute approximate surface area is 169 Å². The van der Waals surface area contributed by atoms with Gasteiger partial charge in [0.1, 0.15) is 0 Å². The summed E-state index contributed by atoms with van der Waals surface area (Å²) < 4.78 is 40.1. The second-order valence-electron chi connectivity index (χ2n) is 6.55. The van der Waals surface area contributed by atoms with Crippen molar-refractivity contribution in [3.63, 3.8) is 0 Å². The highest BCUT2D eigenvalue weighted by atomic mass is 19.4. The highest BCUT2D eigenvalue weighted by molar-refractivity contribution is 6.03. The molecule has 0 radical (unpaired) electrons. The van der Waals surface area contributed by atoms with Gasteiger partial charge in [-0.25, -0.2) is 4.68 Å². The Morgan fingerprint density at radius 1 is 1.03 bits per heavy atom. The predicted molar refractivity (Wildman–Crippen MR) is 104 cm³/mol. The third-order valence-electron chi connectivity index (χ3n) is 4.29. The number of nitrogens with one attached hydrogen (secondary N) is 1. The van der Waals surface area contributed by atoms with Crippen LogP contribution in [0.1, 0.15) is 39.0 Å². The van der Waals surface area contributed by atoms with E-state index in [0.717, 1.165) is 22.9 Å². The molecule has 0 saturated carbocycles. The van der Waals surface area contributed by atoms with Crippen LogP contribution in [-0.4, -0.2) is 21.5 Å². The summed E-state index contributed by atoms with van der Waals surface area (Å²) in [6.07, 6.45) is -4.55. The second-order valence-corrected chi connectivity index (χ2v) is 6.55. The summed E-state index contributed by atoms with van der Waals surface area (Å²) >= 11 is 0. The van der Waals surface area contributed by atoms with Crippen molar-refractivity contribution in [1.29, 1.82) is 0 Å².